The molecule has 0 aliphatic carbocycles. The van der Waals surface area contributed by atoms with Crippen molar-refractivity contribution in [2.24, 2.45) is 0 Å². The van der Waals surface area contributed by atoms with Crippen molar-refractivity contribution in [1.82, 2.24) is 5.32 Å². The molecule has 0 spiro atoms. The summed E-state index contributed by atoms with van der Waals surface area (Å²) in [6.45, 7) is 7.40. The molecule has 1 aromatic rings. The highest BCUT2D eigenvalue weighted by molar-refractivity contribution is 5.89. The molecular formula is C16H25N3O2. The van der Waals surface area contributed by atoms with Crippen LogP contribution in [0.5, 0.6) is 0 Å². The van der Waals surface area contributed by atoms with Gasteiger partial charge in [-0.15, -0.1) is 0 Å². The first kappa shape index (κ1) is 17.0. The van der Waals surface area contributed by atoms with E-state index in [0.717, 1.165) is 18.5 Å². The van der Waals surface area contributed by atoms with Crippen molar-refractivity contribution in [3.05, 3.63) is 24.3 Å². The Bertz CT molecular complexity index is 484. The van der Waals surface area contributed by atoms with Crippen LogP contribution < -0.4 is 16.0 Å². The number of carbonyl (C=O) groups excluding carboxylic acids is 2. The number of nitrogens with one attached hydrogen (secondary N) is 3. The molecule has 0 aliphatic heterocycles. The summed E-state index contributed by atoms with van der Waals surface area (Å²) >= 11 is 0. The molecule has 0 saturated heterocycles. The lowest BCUT2D eigenvalue weighted by molar-refractivity contribution is -0.122. The molecule has 1 atom stereocenters. The van der Waals surface area contributed by atoms with Gasteiger partial charge in [-0.3, -0.25) is 9.59 Å². The number of anilines is 2. The third-order valence-corrected chi connectivity index (χ3v) is 3.29. The van der Waals surface area contributed by atoms with E-state index in [1.54, 1.807) is 0 Å². The molecule has 0 saturated carbocycles. The fourth-order valence-corrected chi connectivity index (χ4v) is 2.02. The summed E-state index contributed by atoms with van der Waals surface area (Å²) in [6, 6.07) is 7.19. The summed E-state index contributed by atoms with van der Waals surface area (Å²) in [4.78, 5) is 23.1. The van der Waals surface area contributed by atoms with Gasteiger partial charge in [0.25, 0.3) is 0 Å². The SMILES string of the molecule is CCC(CC)NC(=O)C(C)Nc1cccc(NC(C)=O)c1. The van der Waals surface area contributed by atoms with Crippen LogP contribution in [0.1, 0.15) is 40.5 Å². The minimum atomic E-state index is -0.335. The monoisotopic (exact) mass is 291 g/mol. The molecule has 5 nitrogen and oxygen atoms in total. The van der Waals surface area contributed by atoms with Crippen molar-refractivity contribution >= 4 is 23.2 Å². The summed E-state index contributed by atoms with van der Waals surface area (Å²) in [5.74, 6) is -0.139. The second-order valence-electron chi connectivity index (χ2n) is 5.15. The zero-order valence-corrected chi connectivity index (χ0v) is 13.2. The Labute approximate surface area is 126 Å². The van der Waals surface area contributed by atoms with Gasteiger partial charge in [0, 0.05) is 24.3 Å². The fraction of sp³-hybridized carbons (Fsp3) is 0.500. The van der Waals surface area contributed by atoms with Crippen LogP contribution in [0, 0.1) is 0 Å². The molecule has 1 unspecified atom stereocenters. The lowest BCUT2D eigenvalue weighted by Gasteiger charge is -2.20. The van der Waals surface area contributed by atoms with E-state index >= 15 is 0 Å². The fourth-order valence-electron chi connectivity index (χ4n) is 2.02. The molecule has 0 fully saturated rings. The Hall–Kier alpha value is -2.04. The number of rotatable bonds is 7. The topological polar surface area (TPSA) is 70.2 Å². The van der Waals surface area contributed by atoms with Crippen LogP contribution in [0.4, 0.5) is 11.4 Å². The van der Waals surface area contributed by atoms with Gasteiger partial charge in [0.1, 0.15) is 6.04 Å². The molecule has 0 aliphatic rings. The van der Waals surface area contributed by atoms with Gasteiger partial charge in [-0.25, -0.2) is 0 Å². The zero-order valence-electron chi connectivity index (χ0n) is 13.2. The standard InChI is InChI=1S/C16H25N3O2/c1-5-13(6-2)19-16(21)11(3)17-14-8-7-9-15(10-14)18-12(4)20/h7-11,13,17H,5-6H2,1-4H3,(H,18,20)(H,19,21). The van der Waals surface area contributed by atoms with Crippen LogP contribution in [-0.4, -0.2) is 23.9 Å². The number of hydrogen-bond acceptors (Lipinski definition) is 3. The minimum absolute atomic E-state index is 0.0198. The Morgan fingerprint density at radius 3 is 2.33 bits per heavy atom. The maximum absolute atomic E-state index is 12.1. The van der Waals surface area contributed by atoms with Gasteiger partial charge >= 0.3 is 0 Å². The van der Waals surface area contributed by atoms with E-state index in [0.29, 0.717) is 5.69 Å². The summed E-state index contributed by atoms with van der Waals surface area (Å²) in [6.07, 6.45) is 1.85. The van der Waals surface area contributed by atoms with Crippen LogP contribution in [0.25, 0.3) is 0 Å². The summed E-state index contributed by atoms with van der Waals surface area (Å²) in [5, 5.41) is 8.88. The molecular weight excluding hydrogens is 266 g/mol. The van der Waals surface area contributed by atoms with Crippen LogP contribution >= 0.6 is 0 Å². The molecule has 116 valence electrons. The number of carbonyl (C=O) groups is 2. The van der Waals surface area contributed by atoms with Gasteiger partial charge in [-0.1, -0.05) is 19.9 Å². The van der Waals surface area contributed by atoms with Crippen LogP contribution in [0.3, 0.4) is 0 Å². The second-order valence-corrected chi connectivity index (χ2v) is 5.15. The van der Waals surface area contributed by atoms with Crippen molar-refractivity contribution in [1.29, 1.82) is 0 Å². The van der Waals surface area contributed by atoms with E-state index in [2.05, 4.69) is 29.8 Å². The number of amides is 2. The van der Waals surface area contributed by atoms with Crippen molar-refractivity contribution in [3.63, 3.8) is 0 Å². The highest BCUT2D eigenvalue weighted by atomic mass is 16.2. The Balaban J connectivity index is 2.63. The van der Waals surface area contributed by atoms with Crippen LogP contribution in [0.2, 0.25) is 0 Å². The minimum Gasteiger partial charge on any atom is -0.374 e. The lowest BCUT2D eigenvalue weighted by Crippen LogP contribution is -2.42. The zero-order chi connectivity index (χ0) is 15.8. The van der Waals surface area contributed by atoms with E-state index in [1.807, 2.05) is 31.2 Å². The molecule has 0 bridgehead atoms. The predicted molar refractivity (Wildman–Crippen MR) is 86.3 cm³/mol. The number of hydrogen-bond donors (Lipinski definition) is 3. The normalized spacial score (nSPS) is 11.9. The maximum atomic E-state index is 12.1. The van der Waals surface area contributed by atoms with Crippen LogP contribution in [-0.2, 0) is 9.59 Å². The molecule has 21 heavy (non-hydrogen) atoms. The summed E-state index contributed by atoms with van der Waals surface area (Å²) in [5.41, 5.74) is 1.51. The van der Waals surface area contributed by atoms with Crippen molar-refractivity contribution < 1.29 is 9.59 Å². The molecule has 5 heteroatoms. The van der Waals surface area contributed by atoms with E-state index in [9.17, 15) is 9.59 Å². The van der Waals surface area contributed by atoms with Gasteiger partial charge in [0.05, 0.1) is 0 Å². The molecule has 2 amide bonds. The highest BCUT2D eigenvalue weighted by Crippen LogP contribution is 2.16. The molecule has 3 N–H and O–H groups in total. The van der Waals surface area contributed by atoms with Gasteiger partial charge in [0.2, 0.25) is 11.8 Å². The number of benzene rings is 1. The average molecular weight is 291 g/mol. The second kappa shape index (κ2) is 8.29. The van der Waals surface area contributed by atoms with Gasteiger partial charge in [-0.2, -0.15) is 0 Å². The molecule has 1 aromatic carbocycles. The predicted octanol–water partition coefficient (Wildman–Crippen LogP) is 2.75. The van der Waals surface area contributed by atoms with Gasteiger partial charge in [0.15, 0.2) is 0 Å². The van der Waals surface area contributed by atoms with Crippen LogP contribution in [0.15, 0.2) is 24.3 Å². The highest BCUT2D eigenvalue weighted by Gasteiger charge is 2.15. The molecule has 1 rings (SSSR count). The maximum Gasteiger partial charge on any atom is 0.242 e. The lowest BCUT2D eigenvalue weighted by atomic mass is 10.1. The van der Waals surface area contributed by atoms with Crippen molar-refractivity contribution in [2.75, 3.05) is 10.6 Å². The van der Waals surface area contributed by atoms with Gasteiger partial charge in [-0.05, 0) is 38.0 Å². The van der Waals surface area contributed by atoms with E-state index in [-0.39, 0.29) is 23.9 Å². The molecule has 0 aromatic heterocycles. The third-order valence-electron chi connectivity index (χ3n) is 3.29. The first-order valence-corrected chi connectivity index (χ1v) is 7.40. The smallest absolute Gasteiger partial charge is 0.242 e. The third kappa shape index (κ3) is 5.85. The Morgan fingerprint density at radius 1 is 1.14 bits per heavy atom. The van der Waals surface area contributed by atoms with Gasteiger partial charge < -0.3 is 16.0 Å². The largest absolute Gasteiger partial charge is 0.374 e. The van der Waals surface area contributed by atoms with E-state index in [1.165, 1.54) is 6.92 Å². The average Bonchev–Trinajstić information content (AvgIpc) is 2.44. The quantitative estimate of drug-likeness (QED) is 0.723. The molecule has 0 radical (unpaired) electrons. The molecule has 0 heterocycles. The summed E-state index contributed by atoms with van der Waals surface area (Å²) < 4.78 is 0. The summed E-state index contributed by atoms with van der Waals surface area (Å²) in [7, 11) is 0. The van der Waals surface area contributed by atoms with E-state index < -0.39 is 0 Å². The Morgan fingerprint density at radius 2 is 1.76 bits per heavy atom. The first-order valence-electron chi connectivity index (χ1n) is 7.40. The van der Waals surface area contributed by atoms with E-state index in [4.69, 9.17) is 0 Å². The van der Waals surface area contributed by atoms with Crippen molar-refractivity contribution in [3.8, 4) is 0 Å². The van der Waals surface area contributed by atoms with Crippen molar-refractivity contribution in [2.45, 2.75) is 52.6 Å². The first-order chi connectivity index (χ1) is 9.96. The Kier molecular flexibility index (Phi) is 6.72.